The van der Waals surface area contributed by atoms with Crippen LogP contribution in [0.1, 0.15) is 21.5 Å². The molecule has 1 amide bonds. The topological polar surface area (TPSA) is 78.1 Å². The van der Waals surface area contributed by atoms with Gasteiger partial charge in [0.25, 0.3) is 11.5 Å². The van der Waals surface area contributed by atoms with E-state index in [2.05, 4.69) is 26.3 Å². The van der Waals surface area contributed by atoms with Crippen molar-refractivity contribution in [1.29, 1.82) is 0 Å². The third kappa shape index (κ3) is 4.80. The number of pyridine rings is 2. The molecule has 0 bridgehead atoms. The average molecular weight is 421 g/mol. The van der Waals surface area contributed by atoms with Crippen molar-refractivity contribution in [2.24, 2.45) is 0 Å². The van der Waals surface area contributed by atoms with Gasteiger partial charge >= 0.3 is 0 Å². The Hall–Kier alpha value is -2.90. The third-order valence-corrected chi connectivity index (χ3v) is 6.14. The first-order chi connectivity index (χ1) is 14.6. The fraction of sp³-hybridized carbons (Fsp3) is 0.261. The largest absolute Gasteiger partial charge is 0.322 e. The number of aromatic nitrogens is 2. The molecule has 0 saturated carbocycles. The molecular formula is C23H24N4O2S. The quantitative estimate of drug-likeness (QED) is 0.660. The summed E-state index contributed by atoms with van der Waals surface area (Å²) < 4.78 is 0. The molecule has 3 heterocycles. The highest BCUT2D eigenvalue weighted by atomic mass is 32.2. The van der Waals surface area contributed by atoms with E-state index >= 15 is 0 Å². The molecule has 154 valence electrons. The molecule has 0 aliphatic carbocycles. The second kappa shape index (κ2) is 9.28. The van der Waals surface area contributed by atoms with Gasteiger partial charge in [0.1, 0.15) is 5.56 Å². The van der Waals surface area contributed by atoms with Crippen LogP contribution >= 0.6 is 11.8 Å². The third-order valence-electron chi connectivity index (χ3n) is 5.19. The Labute approximate surface area is 179 Å². The Balaban J connectivity index is 1.46. The fourth-order valence-electron chi connectivity index (χ4n) is 3.52. The van der Waals surface area contributed by atoms with Crippen molar-refractivity contribution >= 4 is 23.4 Å². The lowest BCUT2D eigenvalue weighted by Crippen LogP contribution is -2.32. The van der Waals surface area contributed by atoms with Crippen LogP contribution in [0, 0.1) is 6.92 Å². The van der Waals surface area contributed by atoms with Gasteiger partial charge in [-0.25, -0.2) is 0 Å². The zero-order valence-electron chi connectivity index (χ0n) is 16.9. The summed E-state index contributed by atoms with van der Waals surface area (Å²) in [5.41, 5.74) is 4.09. The predicted molar refractivity (Wildman–Crippen MR) is 122 cm³/mol. The number of rotatable bonds is 5. The number of thioether (sulfide) groups is 1. The Kier molecular flexibility index (Phi) is 6.30. The number of carbonyl (C=O) groups excluding carboxylic acids is 1. The average Bonchev–Trinajstić information content (AvgIpc) is 2.77. The second-order valence-electron chi connectivity index (χ2n) is 7.34. The summed E-state index contributed by atoms with van der Waals surface area (Å²) in [4.78, 5) is 34.4. The van der Waals surface area contributed by atoms with Crippen molar-refractivity contribution in [1.82, 2.24) is 14.9 Å². The molecule has 4 rings (SSSR count). The summed E-state index contributed by atoms with van der Waals surface area (Å²) in [6.45, 7) is 5.12. The molecule has 3 aromatic rings. The number of nitrogens with zero attached hydrogens (tertiary/aromatic N) is 2. The molecule has 2 aromatic heterocycles. The zero-order chi connectivity index (χ0) is 20.9. The van der Waals surface area contributed by atoms with Gasteiger partial charge in [-0.1, -0.05) is 12.1 Å². The molecule has 0 radical (unpaired) electrons. The monoisotopic (exact) mass is 420 g/mol. The van der Waals surface area contributed by atoms with E-state index in [1.165, 1.54) is 17.1 Å². The minimum Gasteiger partial charge on any atom is -0.322 e. The number of nitrogens with one attached hydrogen (secondary N) is 2. The number of hydrogen-bond acceptors (Lipinski definition) is 5. The molecule has 0 unspecified atom stereocenters. The first-order valence-electron chi connectivity index (χ1n) is 9.95. The summed E-state index contributed by atoms with van der Waals surface area (Å²) >= 11 is 2.00. The highest BCUT2D eigenvalue weighted by molar-refractivity contribution is 7.99. The molecule has 1 aliphatic rings. The summed E-state index contributed by atoms with van der Waals surface area (Å²) in [6.07, 6.45) is 3.32. The van der Waals surface area contributed by atoms with Crippen LogP contribution in [0.3, 0.4) is 0 Å². The van der Waals surface area contributed by atoms with Gasteiger partial charge in [-0.3, -0.25) is 19.5 Å². The molecule has 1 aliphatic heterocycles. The summed E-state index contributed by atoms with van der Waals surface area (Å²) in [6, 6.07) is 13.0. The smallest absolute Gasteiger partial charge is 0.261 e. The van der Waals surface area contributed by atoms with Crippen LogP contribution in [0.15, 0.2) is 59.7 Å². The molecule has 1 aromatic carbocycles. The number of H-pyrrole nitrogens is 1. The van der Waals surface area contributed by atoms with E-state index in [0.29, 0.717) is 5.69 Å². The molecule has 0 spiro atoms. The molecule has 7 heteroatoms. The van der Waals surface area contributed by atoms with Crippen LogP contribution in [0.2, 0.25) is 0 Å². The highest BCUT2D eigenvalue weighted by Gasteiger charge is 2.14. The lowest BCUT2D eigenvalue weighted by Gasteiger charge is -2.26. The number of carbonyl (C=O) groups is 1. The number of aromatic amines is 1. The summed E-state index contributed by atoms with van der Waals surface area (Å²) in [5.74, 6) is 1.95. The minimum atomic E-state index is -0.418. The maximum absolute atomic E-state index is 12.7. The lowest BCUT2D eigenvalue weighted by molar-refractivity contribution is 0.102. The van der Waals surface area contributed by atoms with Gasteiger partial charge in [0.2, 0.25) is 0 Å². The summed E-state index contributed by atoms with van der Waals surface area (Å²) in [7, 11) is 0. The predicted octanol–water partition coefficient (Wildman–Crippen LogP) is 3.55. The van der Waals surface area contributed by atoms with E-state index in [-0.39, 0.29) is 5.56 Å². The maximum atomic E-state index is 12.7. The molecule has 6 nitrogen and oxygen atoms in total. The van der Waals surface area contributed by atoms with Gasteiger partial charge in [-0.15, -0.1) is 0 Å². The first kappa shape index (κ1) is 20.4. The van der Waals surface area contributed by atoms with Crippen LogP contribution in [-0.4, -0.2) is 45.4 Å². The normalized spacial score (nSPS) is 14.4. The van der Waals surface area contributed by atoms with Gasteiger partial charge < -0.3 is 10.3 Å². The van der Waals surface area contributed by atoms with Crippen molar-refractivity contribution in [2.75, 3.05) is 29.9 Å². The SMILES string of the molecule is Cc1cc(CN2CCSCC2)ccc1NC(=O)c1ccc(-c2ccncc2)[nH]c1=O. The zero-order valence-corrected chi connectivity index (χ0v) is 17.7. The number of hydrogen-bond donors (Lipinski definition) is 2. The summed E-state index contributed by atoms with van der Waals surface area (Å²) in [5, 5.41) is 2.87. The Morgan fingerprint density at radius 3 is 2.60 bits per heavy atom. The van der Waals surface area contributed by atoms with Crippen LogP contribution in [0.4, 0.5) is 5.69 Å². The van der Waals surface area contributed by atoms with Gasteiger partial charge in [0, 0.05) is 60.5 Å². The van der Waals surface area contributed by atoms with E-state index in [1.807, 2.05) is 30.8 Å². The lowest BCUT2D eigenvalue weighted by atomic mass is 10.1. The first-order valence-corrected chi connectivity index (χ1v) is 11.1. The Morgan fingerprint density at radius 2 is 1.90 bits per heavy atom. The maximum Gasteiger partial charge on any atom is 0.261 e. The van der Waals surface area contributed by atoms with Crippen LogP contribution < -0.4 is 10.9 Å². The number of amides is 1. The van der Waals surface area contributed by atoms with E-state index in [1.54, 1.807) is 36.7 Å². The van der Waals surface area contributed by atoms with Gasteiger partial charge in [-0.2, -0.15) is 11.8 Å². The van der Waals surface area contributed by atoms with Crippen molar-refractivity contribution in [3.8, 4) is 11.3 Å². The van der Waals surface area contributed by atoms with Crippen LogP contribution in [0.5, 0.6) is 0 Å². The number of aryl methyl sites for hydroxylation is 1. The second-order valence-corrected chi connectivity index (χ2v) is 8.57. The fourth-order valence-corrected chi connectivity index (χ4v) is 4.50. The molecule has 1 saturated heterocycles. The van der Waals surface area contributed by atoms with Gasteiger partial charge in [-0.05, 0) is 48.4 Å². The molecule has 2 N–H and O–H groups in total. The van der Waals surface area contributed by atoms with Crippen molar-refractivity contribution in [3.63, 3.8) is 0 Å². The van der Waals surface area contributed by atoms with E-state index in [9.17, 15) is 9.59 Å². The molecule has 1 fully saturated rings. The molecule has 30 heavy (non-hydrogen) atoms. The van der Waals surface area contributed by atoms with Gasteiger partial charge in [0.05, 0.1) is 0 Å². The van der Waals surface area contributed by atoms with Crippen LogP contribution in [-0.2, 0) is 6.54 Å². The van der Waals surface area contributed by atoms with Gasteiger partial charge in [0.15, 0.2) is 0 Å². The minimum absolute atomic E-state index is 0.0853. The van der Waals surface area contributed by atoms with E-state index in [0.717, 1.165) is 36.4 Å². The standard InChI is InChI=1S/C23H24N4O2S/c1-16-14-17(15-27-10-12-30-13-11-27)2-4-20(16)25-22(28)19-3-5-21(26-23(19)29)18-6-8-24-9-7-18/h2-9,14H,10-13,15H2,1H3,(H,25,28)(H,26,29). The molecule has 0 atom stereocenters. The highest BCUT2D eigenvalue weighted by Crippen LogP contribution is 2.20. The van der Waals surface area contributed by atoms with Crippen molar-refractivity contribution < 1.29 is 4.79 Å². The van der Waals surface area contributed by atoms with E-state index in [4.69, 9.17) is 0 Å². The molecular weight excluding hydrogens is 396 g/mol. The number of benzene rings is 1. The van der Waals surface area contributed by atoms with Crippen molar-refractivity contribution in [2.45, 2.75) is 13.5 Å². The van der Waals surface area contributed by atoms with E-state index < -0.39 is 11.5 Å². The Morgan fingerprint density at radius 1 is 1.13 bits per heavy atom. The number of anilines is 1. The van der Waals surface area contributed by atoms with Crippen LogP contribution in [0.25, 0.3) is 11.3 Å². The Bertz CT molecular complexity index is 1090. The van der Waals surface area contributed by atoms with Crippen molar-refractivity contribution in [3.05, 3.63) is 81.9 Å².